The molecule has 0 saturated heterocycles. The average Bonchev–Trinajstić information content (AvgIpc) is 3.44. The van der Waals surface area contributed by atoms with Crippen LogP contribution in [0.15, 0.2) is 60.7 Å². The molecule has 3 aromatic rings. The maximum Gasteiger partial charge on any atom is 0.259 e. The van der Waals surface area contributed by atoms with Gasteiger partial charge in [-0.1, -0.05) is 42.7 Å². The fourth-order valence-corrected chi connectivity index (χ4v) is 5.31. The van der Waals surface area contributed by atoms with E-state index in [2.05, 4.69) is 5.32 Å². The van der Waals surface area contributed by atoms with Gasteiger partial charge in [0.2, 0.25) is 5.91 Å². The Balaban J connectivity index is 1.62. The van der Waals surface area contributed by atoms with Crippen molar-refractivity contribution < 1.29 is 23.8 Å². The highest BCUT2D eigenvalue weighted by atomic mass is 16.6. The number of rotatable bonds is 7. The standard InChI is InChI=1S/C31H34N2O5/c1-20-8-14-26(21(2)18-20)33(31(35)23-11-15-27-28(19-23)38-17-16-37-27)29(22-9-12-25(36-3)13-10-22)30(34)32-24-6-4-5-7-24/h8-15,18-19,24,29H,4-7,16-17H2,1-3H3,(H,32,34)/t29-/m0/s1. The van der Waals surface area contributed by atoms with Gasteiger partial charge in [-0.25, -0.2) is 0 Å². The van der Waals surface area contributed by atoms with Gasteiger partial charge < -0.3 is 19.5 Å². The van der Waals surface area contributed by atoms with E-state index in [1.165, 1.54) is 0 Å². The summed E-state index contributed by atoms with van der Waals surface area (Å²) in [6, 6.07) is 17.7. The molecule has 1 aliphatic heterocycles. The largest absolute Gasteiger partial charge is 0.497 e. The molecule has 1 heterocycles. The van der Waals surface area contributed by atoms with Gasteiger partial charge in [0.25, 0.3) is 5.91 Å². The minimum absolute atomic E-state index is 0.105. The summed E-state index contributed by atoms with van der Waals surface area (Å²) in [6.07, 6.45) is 4.08. The first-order valence-electron chi connectivity index (χ1n) is 13.2. The number of amides is 2. The van der Waals surface area contributed by atoms with Gasteiger partial charge in [-0.3, -0.25) is 14.5 Å². The minimum atomic E-state index is -0.886. The lowest BCUT2D eigenvalue weighted by Crippen LogP contribution is -2.46. The molecule has 1 saturated carbocycles. The normalized spacial score (nSPS) is 15.6. The number of hydrogen-bond donors (Lipinski definition) is 1. The van der Waals surface area contributed by atoms with Crippen molar-refractivity contribution in [2.75, 3.05) is 25.2 Å². The third-order valence-corrected chi connectivity index (χ3v) is 7.26. The van der Waals surface area contributed by atoms with Crippen LogP contribution in [0.2, 0.25) is 0 Å². The Hall–Kier alpha value is -4.00. The third kappa shape index (κ3) is 5.32. The first-order chi connectivity index (χ1) is 18.4. The number of carbonyl (C=O) groups is 2. The molecule has 3 aromatic carbocycles. The Morgan fingerprint density at radius 3 is 2.32 bits per heavy atom. The summed E-state index contributed by atoms with van der Waals surface area (Å²) in [4.78, 5) is 30.0. The fraction of sp³-hybridized carbons (Fsp3) is 0.355. The predicted octanol–water partition coefficient (Wildman–Crippen LogP) is 5.53. The van der Waals surface area contributed by atoms with E-state index in [0.717, 1.165) is 36.8 Å². The zero-order chi connectivity index (χ0) is 26.6. The van der Waals surface area contributed by atoms with Crippen LogP contribution in [0.5, 0.6) is 17.2 Å². The van der Waals surface area contributed by atoms with Gasteiger partial charge in [0.15, 0.2) is 11.5 Å². The Kier molecular flexibility index (Phi) is 7.54. The van der Waals surface area contributed by atoms with Gasteiger partial charge in [-0.15, -0.1) is 0 Å². The van der Waals surface area contributed by atoms with E-state index in [1.54, 1.807) is 30.2 Å². The van der Waals surface area contributed by atoms with Gasteiger partial charge in [0, 0.05) is 17.3 Å². The molecule has 7 heteroatoms. The lowest BCUT2D eigenvalue weighted by Gasteiger charge is -2.34. The SMILES string of the molecule is COc1ccc([C@@H](C(=O)NC2CCCC2)N(C(=O)c2ccc3c(c2)OCCO3)c2ccc(C)cc2C)cc1. The van der Waals surface area contributed by atoms with Gasteiger partial charge in [0.05, 0.1) is 7.11 Å². The van der Waals surface area contributed by atoms with Crippen LogP contribution in [-0.2, 0) is 4.79 Å². The molecule has 2 aliphatic rings. The molecular formula is C31H34N2O5. The molecule has 0 spiro atoms. The highest BCUT2D eigenvalue weighted by Crippen LogP contribution is 2.36. The van der Waals surface area contributed by atoms with Crippen LogP contribution in [0.1, 0.15) is 58.8 Å². The molecule has 1 aliphatic carbocycles. The summed E-state index contributed by atoms with van der Waals surface area (Å²) in [5, 5.41) is 3.23. The van der Waals surface area contributed by atoms with E-state index >= 15 is 0 Å². The van der Waals surface area contributed by atoms with Crippen LogP contribution in [0.3, 0.4) is 0 Å². The Labute approximate surface area is 223 Å². The second kappa shape index (κ2) is 11.2. The Bertz CT molecular complexity index is 1310. The summed E-state index contributed by atoms with van der Waals surface area (Å²) in [7, 11) is 1.60. The van der Waals surface area contributed by atoms with Gasteiger partial charge >= 0.3 is 0 Å². The van der Waals surface area contributed by atoms with Crippen molar-refractivity contribution in [2.45, 2.75) is 51.6 Å². The number of methoxy groups -OCH3 is 1. The number of hydrogen-bond acceptors (Lipinski definition) is 5. The summed E-state index contributed by atoms with van der Waals surface area (Å²) >= 11 is 0. The van der Waals surface area contributed by atoms with Crippen LogP contribution in [0.25, 0.3) is 0 Å². The number of nitrogens with zero attached hydrogens (tertiary/aromatic N) is 1. The van der Waals surface area contributed by atoms with Crippen LogP contribution < -0.4 is 24.4 Å². The molecule has 0 bridgehead atoms. The molecular weight excluding hydrogens is 480 g/mol. The second-order valence-corrected chi connectivity index (χ2v) is 9.99. The third-order valence-electron chi connectivity index (χ3n) is 7.26. The maximum atomic E-state index is 14.4. The van der Waals surface area contributed by atoms with Crippen molar-refractivity contribution >= 4 is 17.5 Å². The zero-order valence-corrected chi connectivity index (χ0v) is 22.2. The first-order valence-corrected chi connectivity index (χ1v) is 13.2. The van der Waals surface area contributed by atoms with Crippen LogP contribution in [0.4, 0.5) is 5.69 Å². The van der Waals surface area contributed by atoms with E-state index in [1.807, 2.05) is 56.3 Å². The lowest BCUT2D eigenvalue weighted by molar-refractivity contribution is -0.123. The highest BCUT2D eigenvalue weighted by Gasteiger charge is 2.36. The highest BCUT2D eigenvalue weighted by molar-refractivity contribution is 6.10. The topological polar surface area (TPSA) is 77.1 Å². The van der Waals surface area contributed by atoms with Gasteiger partial charge in [-0.05, 0) is 74.2 Å². The molecule has 7 nitrogen and oxygen atoms in total. The summed E-state index contributed by atoms with van der Waals surface area (Å²) in [5.41, 5.74) is 3.78. The molecule has 5 rings (SSSR count). The molecule has 1 fully saturated rings. The number of fused-ring (bicyclic) bond motifs is 1. The fourth-order valence-electron chi connectivity index (χ4n) is 5.31. The summed E-state index contributed by atoms with van der Waals surface area (Å²) in [5.74, 6) is 1.32. The maximum absolute atomic E-state index is 14.4. The van der Waals surface area contributed by atoms with Crippen molar-refractivity contribution in [3.63, 3.8) is 0 Å². The first kappa shape index (κ1) is 25.6. The number of aryl methyl sites for hydroxylation is 2. The van der Waals surface area contributed by atoms with E-state index in [9.17, 15) is 9.59 Å². The van der Waals surface area contributed by atoms with Crippen LogP contribution in [-0.4, -0.2) is 38.2 Å². The number of anilines is 1. The monoisotopic (exact) mass is 514 g/mol. The van der Waals surface area contributed by atoms with Crippen molar-refractivity contribution in [3.05, 3.63) is 82.9 Å². The molecule has 2 amide bonds. The van der Waals surface area contributed by atoms with Gasteiger partial charge in [-0.2, -0.15) is 0 Å². The van der Waals surface area contributed by atoms with E-state index < -0.39 is 6.04 Å². The number of ether oxygens (including phenoxy) is 3. The quantitative estimate of drug-likeness (QED) is 0.449. The molecule has 1 atom stereocenters. The van der Waals surface area contributed by atoms with Crippen molar-refractivity contribution in [3.8, 4) is 17.2 Å². The molecule has 1 N–H and O–H groups in total. The van der Waals surface area contributed by atoms with Crippen molar-refractivity contribution in [1.82, 2.24) is 5.32 Å². The van der Waals surface area contributed by atoms with E-state index in [0.29, 0.717) is 47.3 Å². The average molecular weight is 515 g/mol. The van der Waals surface area contributed by atoms with Gasteiger partial charge in [0.1, 0.15) is 25.0 Å². The molecule has 198 valence electrons. The number of carbonyl (C=O) groups excluding carboxylic acids is 2. The van der Waals surface area contributed by atoms with Crippen molar-refractivity contribution in [1.29, 1.82) is 0 Å². The van der Waals surface area contributed by atoms with Crippen LogP contribution >= 0.6 is 0 Å². The Morgan fingerprint density at radius 1 is 0.921 bits per heavy atom. The second-order valence-electron chi connectivity index (χ2n) is 9.99. The summed E-state index contributed by atoms with van der Waals surface area (Å²) < 4.78 is 16.8. The van der Waals surface area contributed by atoms with E-state index in [-0.39, 0.29) is 17.9 Å². The molecule has 38 heavy (non-hydrogen) atoms. The molecule has 0 unspecified atom stereocenters. The molecule has 0 radical (unpaired) electrons. The molecule has 0 aromatic heterocycles. The van der Waals surface area contributed by atoms with Crippen LogP contribution in [0, 0.1) is 13.8 Å². The van der Waals surface area contributed by atoms with E-state index in [4.69, 9.17) is 14.2 Å². The number of benzene rings is 3. The minimum Gasteiger partial charge on any atom is -0.497 e. The lowest BCUT2D eigenvalue weighted by atomic mass is 9.99. The zero-order valence-electron chi connectivity index (χ0n) is 22.2. The number of nitrogens with one attached hydrogen (secondary N) is 1. The van der Waals surface area contributed by atoms with Crippen molar-refractivity contribution in [2.24, 2.45) is 0 Å². The Morgan fingerprint density at radius 2 is 1.63 bits per heavy atom. The smallest absolute Gasteiger partial charge is 0.259 e. The predicted molar refractivity (Wildman–Crippen MR) is 146 cm³/mol. The summed E-state index contributed by atoms with van der Waals surface area (Å²) in [6.45, 7) is 4.86.